The van der Waals surface area contributed by atoms with Gasteiger partial charge < -0.3 is 5.11 Å². The van der Waals surface area contributed by atoms with Crippen molar-refractivity contribution in [1.82, 2.24) is 15.4 Å². The Morgan fingerprint density at radius 2 is 2.36 bits per heavy atom. The van der Waals surface area contributed by atoms with Crippen LogP contribution in [0.3, 0.4) is 0 Å². The molecular formula is C9H7N3O2. The van der Waals surface area contributed by atoms with Crippen molar-refractivity contribution in [3.63, 3.8) is 0 Å². The van der Waals surface area contributed by atoms with Gasteiger partial charge in [0.15, 0.2) is 0 Å². The van der Waals surface area contributed by atoms with E-state index in [9.17, 15) is 4.79 Å². The summed E-state index contributed by atoms with van der Waals surface area (Å²) >= 11 is 0. The minimum Gasteiger partial charge on any atom is -0.478 e. The molecule has 0 saturated carbocycles. The molecule has 2 aromatic rings. The molecule has 0 radical (unpaired) electrons. The number of aromatic nitrogens is 3. The number of carboxylic acids is 1. The maximum absolute atomic E-state index is 10.3. The number of fused-ring (bicyclic) bond motifs is 1. The Kier molecular flexibility index (Phi) is 1.98. The molecule has 0 aliphatic rings. The lowest BCUT2D eigenvalue weighted by Crippen LogP contribution is -1.85. The minimum atomic E-state index is -0.967. The Balaban J connectivity index is 2.39. The van der Waals surface area contributed by atoms with Gasteiger partial charge in [-0.3, -0.25) is 5.10 Å². The third kappa shape index (κ3) is 1.61. The smallest absolute Gasteiger partial charge is 0.328 e. The standard InChI is InChI=1S/C9H7N3O2/c13-9(14)4-2-6-1-3-7-8(5-6)11-12-10-7/h1-5H,(H,13,14)(H,10,11,12)/b4-2+. The summed E-state index contributed by atoms with van der Waals surface area (Å²) in [7, 11) is 0. The van der Waals surface area contributed by atoms with Crippen LogP contribution in [0.1, 0.15) is 5.56 Å². The summed E-state index contributed by atoms with van der Waals surface area (Å²) in [4.78, 5) is 10.3. The van der Waals surface area contributed by atoms with Crippen LogP contribution in [-0.4, -0.2) is 26.5 Å². The summed E-state index contributed by atoms with van der Waals surface area (Å²) in [6.45, 7) is 0. The first-order valence-electron chi connectivity index (χ1n) is 3.97. The van der Waals surface area contributed by atoms with Crippen molar-refractivity contribution in [1.29, 1.82) is 0 Å². The maximum atomic E-state index is 10.3. The summed E-state index contributed by atoms with van der Waals surface area (Å²) in [5.74, 6) is -0.967. The highest BCUT2D eigenvalue weighted by molar-refractivity contribution is 5.86. The summed E-state index contributed by atoms with van der Waals surface area (Å²) in [5, 5.41) is 18.6. The van der Waals surface area contributed by atoms with E-state index in [2.05, 4.69) is 15.4 Å². The maximum Gasteiger partial charge on any atom is 0.328 e. The molecule has 0 aliphatic heterocycles. The van der Waals surface area contributed by atoms with Crippen LogP contribution < -0.4 is 0 Å². The second-order valence-electron chi connectivity index (χ2n) is 2.76. The molecule has 0 bridgehead atoms. The van der Waals surface area contributed by atoms with Crippen molar-refractivity contribution in [2.45, 2.75) is 0 Å². The second-order valence-corrected chi connectivity index (χ2v) is 2.76. The van der Waals surface area contributed by atoms with E-state index < -0.39 is 5.97 Å². The monoisotopic (exact) mass is 189 g/mol. The molecule has 1 aromatic heterocycles. The molecule has 2 N–H and O–H groups in total. The number of hydrogen-bond acceptors (Lipinski definition) is 3. The molecule has 2 rings (SSSR count). The van der Waals surface area contributed by atoms with Crippen molar-refractivity contribution in [2.75, 3.05) is 0 Å². The molecule has 0 amide bonds. The SMILES string of the molecule is O=C(O)/C=C/c1ccc2[nH]nnc2c1. The van der Waals surface area contributed by atoms with Crippen molar-refractivity contribution in [3.8, 4) is 0 Å². The third-order valence-corrected chi connectivity index (χ3v) is 1.77. The Labute approximate surface area is 79.1 Å². The summed E-state index contributed by atoms with van der Waals surface area (Å²) in [6, 6.07) is 5.36. The van der Waals surface area contributed by atoms with Gasteiger partial charge >= 0.3 is 5.97 Å². The van der Waals surface area contributed by atoms with E-state index >= 15 is 0 Å². The van der Waals surface area contributed by atoms with Gasteiger partial charge in [0, 0.05) is 6.08 Å². The Morgan fingerprint density at radius 1 is 1.50 bits per heavy atom. The van der Waals surface area contributed by atoms with Gasteiger partial charge in [-0.05, 0) is 23.8 Å². The highest BCUT2D eigenvalue weighted by atomic mass is 16.4. The van der Waals surface area contributed by atoms with Gasteiger partial charge in [0.2, 0.25) is 0 Å². The number of nitrogens with zero attached hydrogens (tertiary/aromatic N) is 2. The average molecular weight is 189 g/mol. The topological polar surface area (TPSA) is 78.9 Å². The molecule has 5 nitrogen and oxygen atoms in total. The average Bonchev–Trinajstić information content (AvgIpc) is 2.61. The molecule has 1 heterocycles. The largest absolute Gasteiger partial charge is 0.478 e. The highest BCUT2D eigenvalue weighted by Gasteiger charge is 1.97. The molecular weight excluding hydrogens is 182 g/mol. The third-order valence-electron chi connectivity index (χ3n) is 1.77. The lowest BCUT2D eigenvalue weighted by atomic mass is 10.2. The fourth-order valence-electron chi connectivity index (χ4n) is 1.13. The number of benzene rings is 1. The molecule has 0 saturated heterocycles. The molecule has 0 aliphatic carbocycles. The van der Waals surface area contributed by atoms with E-state index in [0.717, 1.165) is 22.7 Å². The number of H-pyrrole nitrogens is 1. The van der Waals surface area contributed by atoms with E-state index in [4.69, 9.17) is 5.11 Å². The lowest BCUT2D eigenvalue weighted by molar-refractivity contribution is -0.131. The van der Waals surface area contributed by atoms with E-state index in [0.29, 0.717) is 0 Å². The fourth-order valence-corrected chi connectivity index (χ4v) is 1.13. The lowest BCUT2D eigenvalue weighted by Gasteiger charge is -1.91. The van der Waals surface area contributed by atoms with Crippen molar-refractivity contribution < 1.29 is 9.90 Å². The van der Waals surface area contributed by atoms with Gasteiger partial charge in [-0.1, -0.05) is 11.3 Å². The van der Waals surface area contributed by atoms with Crippen LogP contribution in [0.2, 0.25) is 0 Å². The second kappa shape index (κ2) is 3.29. The van der Waals surface area contributed by atoms with E-state index in [-0.39, 0.29) is 0 Å². The number of aromatic amines is 1. The first-order chi connectivity index (χ1) is 6.75. The van der Waals surface area contributed by atoms with Gasteiger partial charge in [0.25, 0.3) is 0 Å². The quantitative estimate of drug-likeness (QED) is 0.692. The van der Waals surface area contributed by atoms with Gasteiger partial charge in [0.05, 0.1) is 5.52 Å². The summed E-state index contributed by atoms with van der Waals surface area (Å²) in [5.41, 5.74) is 2.34. The normalized spacial score (nSPS) is 11.1. The van der Waals surface area contributed by atoms with E-state index in [1.54, 1.807) is 18.2 Å². The van der Waals surface area contributed by atoms with Crippen LogP contribution in [0.15, 0.2) is 24.3 Å². The molecule has 0 atom stereocenters. The van der Waals surface area contributed by atoms with Crippen LogP contribution >= 0.6 is 0 Å². The van der Waals surface area contributed by atoms with Crippen molar-refractivity contribution >= 4 is 23.1 Å². The van der Waals surface area contributed by atoms with Gasteiger partial charge in [-0.2, -0.15) is 0 Å². The zero-order valence-electron chi connectivity index (χ0n) is 7.14. The number of hydrogen-bond donors (Lipinski definition) is 2. The Morgan fingerprint density at radius 3 is 3.14 bits per heavy atom. The van der Waals surface area contributed by atoms with Gasteiger partial charge in [-0.15, -0.1) is 5.10 Å². The number of nitrogens with one attached hydrogen (secondary N) is 1. The first-order valence-corrected chi connectivity index (χ1v) is 3.97. The molecule has 70 valence electrons. The van der Waals surface area contributed by atoms with Crippen molar-refractivity contribution in [2.24, 2.45) is 0 Å². The van der Waals surface area contributed by atoms with Crippen LogP contribution in [0, 0.1) is 0 Å². The van der Waals surface area contributed by atoms with E-state index in [1.807, 2.05) is 0 Å². The first kappa shape index (κ1) is 8.43. The Hall–Kier alpha value is -2.17. The van der Waals surface area contributed by atoms with Crippen molar-refractivity contribution in [3.05, 3.63) is 29.8 Å². The molecule has 0 fully saturated rings. The van der Waals surface area contributed by atoms with Gasteiger partial charge in [0.1, 0.15) is 5.52 Å². The molecule has 0 unspecified atom stereocenters. The predicted octanol–water partition coefficient (Wildman–Crippen LogP) is 1.06. The minimum absolute atomic E-state index is 0.720. The van der Waals surface area contributed by atoms with E-state index in [1.165, 1.54) is 6.08 Å². The summed E-state index contributed by atoms with van der Waals surface area (Å²) < 4.78 is 0. The molecule has 1 aromatic carbocycles. The van der Waals surface area contributed by atoms with Crippen LogP contribution in [0.5, 0.6) is 0 Å². The molecule has 0 spiro atoms. The van der Waals surface area contributed by atoms with Crippen LogP contribution in [-0.2, 0) is 4.79 Å². The van der Waals surface area contributed by atoms with Crippen LogP contribution in [0.25, 0.3) is 17.1 Å². The number of carbonyl (C=O) groups is 1. The fraction of sp³-hybridized carbons (Fsp3) is 0. The van der Waals surface area contributed by atoms with Gasteiger partial charge in [-0.25, -0.2) is 4.79 Å². The zero-order chi connectivity index (χ0) is 9.97. The number of rotatable bonds is 2. The molecule has 5 heteroatoms. The predicted molar refractivity (Wildman–Crippen MR) is 50.6 cm³/mol. The van der Waals surface area contributed by atoms with Crippen LogP contribution in [0.4, 0.5) is 0 Å². The number of carboxylic acid groups (broad SMARTS) is 1. The summed E-state index contributed by atoms with van der Waals surface area (Å²) in [6.07, 6.45) is 2.59. The highest BCUT2D eigenvalue weighted by Crippen LogP contribution is 2.11. The Bertz CT molecular complexity index is 501. The molecule has 14 heavy (non-hydrogen) atoms. The zero-order valence-corrected chi connectivity index (χ0v) is 7.14. The number of aliphatic carboxylic acids is 1.